The van der Waals surface area contributed by atoms with Crippen LogP contribution in [0.2, 0.25) is 0 Å². The lowest BCUT2D eigenvalue weighted by atomic mass is 10.1. The molecule has 0 saturated carbocycles. The first-order valence-corrected chi connectivity index (χ1v) is 8.32. The second kappa shape index (κ2) is 7.22. The Hall–Kier alpha value is -2.43. The zero-order chi connectivity index (χ0) is 16.1. The van der Waals surface area contributed by atoms with Crippen LogP contribution in [0, 0.1) is 0 Å². The Bertz CT molecular complexity index is 801. The van der Waals surface area contributed by atoms with Gasteiger partial charge in [-0.25, -0.2) is 4.21 Å². The summed E-state index contributed by atoms with van der Waals surface area (Å²) >= 11 is -2.04. The predicted molar refractivity (Wildman–Crippen MR) is 91.7 cm³/mol. The third-order valence-electron chi connectivity index (χ3n) is 3.47. The first-order chi connectivity index (χ1) is 11.2. The quantitative estimate of drug-likeness (QED) is 0.702. The van der Waals surface area contributed by atoms with Gasteiger partial charge in [-0.05, 0) is 29.3 Å². The Kier molecular flexibility index (Phi) is 4.86. The van der Waals surface area contributed by atoms with Crippen LogP contribution in [-0.4, -0.2) is 8.76 Å². The van der Waals surface area contributed by atoms with Gasteiger partial charge in [-0.3, -0.25) is 0 Å². The summed E-state index contributed by atoms with van der Waals surface area (Å²) in [6, 6.07) is 24.6. The van der Waals surface area contributed by atoms with E-state index in [1.807, 2.05) is 66.7 Å². The molecule has 1 atom stereocenters. The van der Waals surface area contributed by atoms with E-state index in [1.54, 1.807) is 12.1 Å². The van der Waals surface area contributed by atoms with Crippen LogP contribution in [0.5, 0.6) is 5.75 Å². The highest BCUT2D eigenvalue weighted by molar-refractivity contribution is 7.79. The fraction of sp³-hybridized carbons (Fsp3) is 0.0526. The molecular formula is C19H16O3S. The summed E-state index contributed by atoms with van der Waals surface area (Å²) in [5.74, 6) is 0.668. The van der Waals surface area contributed by atoms with Crippen molar-refractivity contribution in [2.24, 2.45) is 0 Å². The molecule has 0 fully saturated rings. The van der Waals surface area contributed by atoms with E-state index in [0.717, 1.165) is 11.1 Å². The van der Waals surface area contributed by atoms with Crippen LogP contribution >= 0.6 is 0 Å². The maximum Gasteiger partial charge on any atom is 0.187 e. The number of rotatable bonds is 5. The first-order valence-electron chi connectivity index (χ1n) is 7.21. The molecule has 0 saturated heterocycles. The lowest BCUT2D eigenvalue weighted by molar-refractivity contribution is 0.306. The van der Waals surface area contributed by atoms with Gasteiger partial charge in [-0.2, -0.15) is 0 Å². The Balaban J connectivity index is 1.90. The topological polar surface area (TPSA) is 46.5 Å². The number of hydrogen-bond donors (Lipinski definition) is 1. The van der Waals surface area contributed by atoms with Gasteiger partial charge >= 0.3 is 0 Å². The van der Waals surface area contributed by atoms with E-state index in [-0.39, 0.29) is 0 Å². The molecule has 0 aliphatic heterocycles. The van der Waals surface area contributed by atoms with Crippen molar-refractivity contribution >= 4 is 11.1 Å². The number of ether oxygens (including phenoxy) is 1. The van der Waals surface area contributed by atoms with Crippen molar-refractivity contribution in [3.63, 3.8) is 0 Å². The van der Waals surface area contributed by atoms with Crippen molar-refractivity contribution < 1.29 is 13.5 Å². The van der Waals surface area contributed by atoms with Crippen molar-refractivity contribution in [3.05, 3.63) is 84.4 Å². The molecule has 116 valence electrons. The predicted octanol–water partition coefficient (Wildman–Crippen LogP) is 4.51. The second-order valence-corrected chi connectivity index (χ2v) is 5.99. The molecule has 3 aromatic carbocycles. The Morgan fingerprint density at radius 2 is 1.52 bits per heavy atom. The zero-order valence-electron chi connectivity index (χ0n) is 12.4. The fourth-order valence-electron chi connectivity index (χ4n) is 2.34. The largest absolute Gasteiger partial charge is 0.489 e. The van der Waals surface area contributed by atoms with Gasteiger partial charge in [0.2, 0.25) is 0 Å². The molecule has 0 aliphatic carbocycles. The molecular weight excluding hydrogens is 308 g/mol. The van der Waals surface area contributed by atoms with Crippen molar-refractivity contribution in [3.8, 4) is 16.9 Å². The molecule has 0 aromatic heterocycles. The van der Waals surface area contributed by atoms with Gasteiger partial charge < -0.3 is 9.29 Å². The summed E-state index contributed by atoms with van der Waals surface area (Å²) in [5.41, 5.74) is 2.66. The third-order valence-corrected chi connectivity index (χ3v) is 4.20. The van der Waals surface area contributed by atoms with E-state index in [2.05, 4.69) is 0 Å². The van der Waals surface area contributed by atoms with Crippen LogP contribution in [0.4, 0.5) is 0 Å². The lowest BCUT2D eigenvalue weighted by Gasteiger charge is -2.11. The average molecular weight is 324 g/mol. The van der Waals surface area contributed by atoms with Crippen LogP contribution in [0.3, 0.4) is 0 Å². The molecule has 0 amide bonds. The summed E-state index contributed by atoms with van der Waals surface area (Å²) in [6.45, 7) is 0.455. The van der Waals surface area contributed by atoms with Gasteiger partial charge in [0.1, 0.15) is 12.4 Å². The van der Waals surface area contributed by atoms with Crippen molar-refractivity contribution in [2.75, 3.05) is 0 Å². The van der Waals surface area contributed by atoms with E-state index in [1.165, 1.54) is 0 Å². The highest BCUT2D eigenvalue weighted by Gasteiger charge is 2.11. The molecule has 0 radical (unpaired) electrons. The first kappa shape index (κ1) is 15.5. The molecule has 0 aliphatic rings. The molecule has 0 heterocycles. The van der Waals surface area contributed by atoms with Gasteiger partial charge in [0, 0.05) is 5.56 Å². The molecule has 0 bridgehead atoms. The summed E-state index contributed by atoms with van der Waals surface area (Å²) < 4.78 is 26.9. The molecule has 1 unspecified atom stereocenters. The van der Waals surface area contributed by atoms with Crippen LogP contribution in [0.1, 0.15) is 5.56 Å². The van der Waals surface area contributed by atoms with Crippen LogP contribution in [0.15, 0.2) is 83.8 Å². The van der Waals surface area contributed by atoms with Crippen LogP contribution in [-0.2, 0) is 17.7 Å². The zero-order valence-corrected chi connectivity index (χ0v) is 13.2. The van der Waals surface area contributed by atoms with Gasteiger partial charge in [-0.15, -0.1) is 0 Å². The van der Waals surface area contributed by atoms with E-state index < -0.39 is 11.1 Å². The molecule has 1 N–H and O–H groups in total. The minimum absolute atomic E-state index is 0.378. The summed E-state index contributed by atoms with van der Waals surface area (Å²) in [7, 11) is 0. The Morgan fingerprint density at radius 3 is 2.17 bits per heavy atom. The molecule has 23 heavy (non-hydrogen) atoms. The Labute approximate surface area is 137 Å². The minimum Gasteiger partial charge on any atom is -0.489 e. The van der Waals surface area contributed by atoms with E-state index in [9.17, 15) is 8.76 Å². The molecule has 3 aromatic rings. The molecule has 4 heteroatoms. The molecule has 0 spiro atoms. The number of benzene rings is 3. The van der Waals surface area contributed by atoms with Crippen molar-refractivity contribution in [2.45, 2.75) is 11.5 Å². The van der Waals surface area contributed by atoms with Gasteiger partial charge in [0.15, 0.2) is 11.1 Å². The smallest absolute Gasteiger partial charge is 0.187 e. The summed E-state index contributed by atoms with van der Waals surface area (Å²) in [4.78, 5) is 0.378. The third kappa shape index (κ3) is 3.86. The van der Waals surface area contributed by atoms with E-state index in [4.69, 9.17) is 4.74 Å². The standard InChI is InChI=1S/C19H16O3S/c20-23(21)19-12-11-17(22-14-15-7-3-1-4-8-15)13-18(19)16-9-5-2-6-10-16/h1-13H,14H2,(H,20,21). The van der Waals surface area contributed by atoms with Gasteiger partial charge in [0.05, 0.1) is 4.90 Å². The summed E-state index contributed by atoms with van der Waals surface area (Å²) in [6.07, 6.45) is 0. The normalized spacial score (nSPS) is 11.9. The van der Waals surface area contributed by atoms with Crippen LogP contribution in [0.25, 0.3) is 11.1 Å². The van der Waals surface area contributed by atoms with Crippen molar-refractivity contribution in [1.82, 2.24) is 0 Å². The molecule has 3 rings (SSSR count). The van der Waals surface area contributed by atoms with Gasteiger partial charge in [0.25, 0.3) is 0 Å². The van der Waals surface area contributed by atoms with Crippen molar-refractivity contribution in [1.29, 1.82) is 0 Å². The highest BCUT2D eigenvalue weighted by Crippen LogP contribution is 2.30. The maximum atomic E-state index is 11.6. The fourth-order valence-corrected chi connectivity index (χ4v) is 2.88. The number of hydrogen-bond acceptors (Lipinski definition) is 2. The second-order valence-electron chi connectivity index (χ2n) is 5.05. The average Bonchev–Trinajstić information content (AvgIpc) is 2.61. The maximum absolute atomic E-state index is 11.6. The van der Waals surface area contributed by atoms with E-state index >= 15 is 0 Å². The monoisotopic (exact) mass is 324 g/mol. The van der Waals surface area contributed by atoms with Crippen LogP contribution < -0.4 is 4.74 Å². The minimum atomic E-state index is -2.04. The Morgan fingerprint density at radius 1 is 0.870 bits per heavy atom. The lowest BCUT2D eigenvalue weighted by Crippen LogP contribution is -1.98. The highest BCUT2D eigenvalue weighted by atomic mass is 32.2. The van der Waals surface area contributed by atoms with E-state index in [0.29, 0.717) is 22.8 Å². The summed E-state index contributed by atoms with van der Waals surface area (Å²) in [5, 5.41) is 0. The van der Waals surface area contributed by atoms with Gasteiger partial charge in [-0.1, -0.05) is 60.7 Å². The SMILES string of the molecule is O=S(O)c1ccc(OCc2ccccc2)cc1-c1ccccc1. The molecule has 3 nitrogen and oxygen atoms in total.